The zero-order valence-corrected chi connectivity index (χ0v) is 20.9. The van der Waals surface area contributed by atoms with Crippen LogP contribution >= 0.6 is 0 Å². The Morgan fingerprint density at radius 2 is 1.88 bits per heavy atom. The third-order valence-corrected chi connectivity index (χ3v) is 10.2. The van der Waals surface area contributed by atoms with Gasteiger partial charge in [0.25, 0.3) is 0 Å². The summed E-state index contributed by atoms with van der Waals surface area (Å²) in [5.74, 6) is 2.65. The predicted molar refractivity (Wildman–Crippen MR) is 133 cm³/mol. The van der Waals surface area contributed by atoms with Gasteiger partial charge in [0, 0.05) is 37.5 Å². The van der Waals surface area contributed by atoms with Gasteiger partial charge in [-0.15, -0.1) is 0 Å². The first-order valence-electron chi connectivity index (χ1n) is 13.9. The maximum absolute atomic E-state index is 13.8. The maximum atomic E-state index is 13.8. The molecule has 1 N–H and O–H groups in total. The fourth-order valence-electron chi connectivity index (χ4n) is 7.95. The van der Waals surface area contributed by atoms with Crippen LogP contribution in [0.1, 0.15) is 81.8 Å². The highest BCUT2D eigenvalue weighted by atomic mass is 16.5. The minimum absolute atomic E-state index is 0.105. The summed E-state index contributed by atoms with van der Waals surface area (Å²) in [6, 6.07) is 6.49. The van der Waals surface area contributed by atoms with Gasteiger partial charge in [-0.05, 0) is 80.2 Å². The summed E-state index contributed by atoms with van der Waals surface area (Å²) in [6.45, 7) is 3.64. The summed E-state index contributed by atoms with van der Waals surface area (Å²) in [4.78, 5) is 18.5. The number of nitrogens with zero attached hydrogens (tertiary/aromatic N) is 2. The van der Waals surface area contributed by atoms with E-state index in [1.807, 2.05) is 0 Å². The van der Waals surface area contributed by atoms with E-state index in [1.54, 1.807) is 7.11 Å². The molecule has 1 aromatic rings. The summed E-state index contributed by atoms with van der Waals surface area (Å²) in [6.07, 6.45) is 13.3. The molecule has 2 bridgehead atoms. The van der Waals surface area contributed by atoms with Crippen molar-refractivity contribution in [1.29, 1.82) is 0 Å². The summed E-state index contributed by atoms with van der Waals surface area (Å²) in [7, 11) is 1.71. The molecule has 5 aliphatic rings. The van der Waals surface area contributed by atoms with Crippen molar-refractivity contribution in [3.05, 3.63) is 29.3 Å². The fraction of sp³-hybridized carbons (Fsp3) is 0.759. The molecule has 5 nitrogen and oxygen atoms in total. The van der Waals surface area contributed by atoms with E-state index in [1.165, 1.54) is 56.1 Å². The molecule has 4 fully saturated rings. The third-order valence-electron chi connectivity index (χ3n) is 10.2. The maximum Gasteiger partial charge on any atom is 0.223 e. The molecule has 3 atom stereocenters. The van der Waals surface area contributed by atoms with Gasteiger partial charge in [-0.1, -0.05) is 38.2 Å². The number of ether oxygens (including phenoxy) is 1. The number of hydrogen-bond acceptors (Lipinski definition) is 4. The van der Waals surface area contributed by atoms with Crippen molar-refractivity contribution >= 4 is 5.91 Å². The van der Waals surface area contributed by atoms with E-state index in [-0.39, 0.29) is 11.9 Å². The first kappa shape index (κ1) is 22.8. The van der Waals surface area contributed by atoms with Crippen molar-refractivity contribution in [2.75, 3.05) is 33.3 Å². The molecule has 0 aromatic heterocycles. The van der Waals surface area contributed by atoms with Crippen LogP contribution in [0.5, 0.6) is 5.75 Å². The molecule has 3 unspecified atom stereocenters. The first-order valence-corrected chi connectivity index (χ1v) is 13.9. The highest BCUT2D eigenvalue weighted by Gasteiger charge is 2.64. The lowest BCUT2D eigenvalue weighted by Crippen LogP contribution is -2.71. The Kier molecular flexibility index (Phi) is 5.92. The van der Waals surface area contributed by atoms with Gasteiger partial charge in [-0.2, -0.15) is 0 Å². The van der Waals surface area contributed by atoms with Crippen LogP contribution in [0, 0.1) is 11.8 Å². The van der Waals surface area contributed by atoms with Crippen molar-refractivity contribution in [3.8, 4) is 5.75 Å². The molecule has 2 aliphatic heterocycles. The standard InChI is InChI=1S/C29H42N2O3/c1-34-24-10-9-23-17-26-29(33)13-16-30(14-11-21-5-3-2-4-6-21)27(32)19-28(29,25(23)18-24)12-15-31(26)20-22-7-8-22/h9-10,18,21-22,26,33H,2-8,11-17,19-20H2,1H3. The number of carbonyl (C=O) groups is 1. The molecule has 1 amide bonds. The summed E-state index contributed by atoms with van der Waals surface area (Å²) < 4.78 is 5.61. The van der Waals surface area contributed by atoms with Crippen molar-refractivity contribution in [1.82, 2.24) is 9.80 Å². The second-order valence-corrected chi connectivity index (χ2v) is 12.0. The minimum Gasteiger partial charge on any atom is -0.497 e. The quantitative estimate of drug-likeness (QED) is 0.679. The zero-order chi connectivity index (χ0) is 23.3. The number of aliphatic hydroxyl groups is 1. The van der Waals surface area contributed by atoms with Gasteiger partial charge in [0.05, 0.1) is 12.7 Å². The lowest BCUT2D eigenvalue weighted by molar-refractivity contribution is -0.153. The molecule has 5 heteroatoms. The van der Waals surface area contributed by atoms with Crippen LogP contribution in [0.2, 0.25) is 0 Å². The monoisotopic (exact) mass is 466 g/mol. The molecule has 1 aromatic carbocycles. The molecular weight excluding hydrogens is 424 g/mol. The number of amides is 1. The topological polar surface area (TPSA) is 53.0 Å². The number of piperidine rings is 1. The Labute approximate surface area is 204 Å². The SMILES string of the molecule is COc1ccc2c(c1)C13CCN(CC4CC4)C(C2)C1(O)CCN(CCC1CCCCC1)C(=O)C3. The van der Waals surface area contributed by atoms with Crippen LogP contribution in [0.3, 0.4) is 0 Å². The van der Waals surface area contributed by atoms with Crippen LogP contribution in [-0.4, -0.2) is 65.7 Å². The van der Waals surface area contributed by atoms with E-state index in [0.717, 1.165) is 56.5 Å². The Hall–Kier alpha value is -1.59. The van der Waals surface area contributed by atoms with Gasteiger partial charge in [0.1, 0.15) is 5.75 Å². The number of carbonyl (C=O) groups excluding carboxylic acids is 1. The van der Waals surface area contributed by atoms with E-state index in [9.17, 15) is 9.90 Å². The normalized spacial score (nSPS) is 34.4. The first-order chi connectivity index (χ1) is 16.5. The number of fused-ring (bicyclic) bond motifs is 1. The van der Waals surface area contributed by atoms with E-state index in [4.69, 9.17) is 4.74 Å². The third kappa shape index (κ3) is 3.78. The van der Waals surface area contributed by atoms with Crippen LogP contribution < -0.4 is 4.74 Å². The fourth-order valence-corrected chi connectivity index (χ4v) is 7.95. The molecular formula is C29H42N2O3. The molecule has 0 spiro atoms. The second-order valence-electron chi connectivity index (χ2n) is 12.0. The minimum atomic E-state index is -0.866. The summed E-state index contributed by atoms with van der Waals surface area (Å²) in [5.41, 5.74) is 1.12. The Morgan fingerprint density at radius 3 is 2.65 bits per heavy atom. The average molecular weight is 467 g/mol. The molecule has 2 heterocycles. The van der Waals surface area contributed by atoms with Crippen molar-refractivity contribution in [3.63, 3.8) is 0 Å². The number of hydrogen-bond donors (Lipinski definition) is 1. The van der Waals surface area contributed by atoms with Crippen molar-refractivity contribution in [2.24, 2.45) is 11.8 Å². The summed E-state index contributed by atoms with van der Waals surface area (Å²) >= 11 is 0. The molecule has 3 aliphatic carbocycles. The van der Waals surface area contributed by atoms with Crippen molar-refractivity contribution < 1.29 is 14.6 Å². The Bertz CT molecular complexity index is 924. The van der Waals surface area contributed by atoms with Crippen LogP contribution in [0.25, 0.3) is 0 Å². The van der Waals surface area contributed by atoms with Crippen LogP contribution in [0.15, 0.2) is 18.2 Å². The lowest BCUT2D eigenvalue weighted by Gasteiger charge is -2.61. The molecule has 186 valence electrons. The molecule has 34 heavy (non-hydrogen) atoms. The lowest BCUT2D eigenvalue weighted by atomic mass is 9.52. The summed E-state index contributed by atoms with van der Waals surface area (Å²) in [5, 5.41) is 12.6. The number of rotatable bonds is 6. The highest BCUT2D eigenvalue weighted by molar-refractivity contribution is 5.79. The van der Waals surface area contributed by atoms with Gasteiger partial charge in [-0.25, -0.2) is 0 Å². The molecule has 2 saturated heterocycles. The molecule has 6 rings (SSSR count). The van der Waals surface area contributed by atoms with Gasteiger partial charge < -0.3 is 14.7 Å². The van der Waals surface area contributed by atoms with Crippen LogP contribution in [0.4, 0.5) is 0 Å². The van der Waals surface area contributed by atoms with E-state index in [0.29, 0.717) is 19.4 Å². The number of methoxy groups -OCH3 is 1. The van der Waals surface area contributed by atoms with Gasteiger partial charge >= 0.3 is 0 Å². The zero-order valence-electron chi connectivity index (χ0n) is 20.9. The average Bonchev–Trinajstić information content (AvgIpc) is 3.68. The second kappa shape index (κ2) is 8.81. The van der Waals surface area contributed by atoms with E-state index in [2.05, 4.69) is 28.0 Å². The smallest absolute Gasteiger partial charge is 0.223 e. The molecule has 2 saturated carbocycles. The number of benzene rings is 1. The highest BCUT2D eigenvalue weighted by Crippen LogP contribution is 2.57. The number of likely N-dealkylation sites (tertiary alicyclic amines) is 2. The van der Waals surface area contributed by atoms with Gasteiger partial charge in [0.2, 0.25) is 5.91 Å². The van der Waals surface area contributed by atoms with E-state index < -0.39 is 11.0 Å². The van der Waals surface area contributed by atoms with Gasteiger partial charge in [0.15, 0.2) is 0 Å². The Morgan fingerprint density at radius 1 is 1.06 bits per heavy atom. The van der Waals surface area contributed by atoms with Gasteiger partial charge in [-0.3, -0.25) is 9.69 Å². The van der Waals surface area contributed by atoms with E-state index >= 15 is 0 Å². The molecule has 0 radical (unpaired) electrons. The van der Waals surface area contributed by atoms with Crippen molar-refractivity contribution in [2.45, 2.75) is 94.1 Å². The predicted octanol–water partition coefficient (Wildman–Crippen LogP) is 4.30. The Balaban J connectivity index is 1.33. The largest absolute Gasteiger partial charge is 0.497 e. The van der Waals surface area contributed by atoms with Crippen LogP contribution in [-0.2, 0) is 16.6 Å².